The van der Waals surface area contributed by atoms with Gasteiger partial charge in [0.1, 0.15) is 11.6 Å². The van der Waals surface area contributed by atoms with Gasteiger partial charge in [0, 0.05) is 16.5 Å². The van der Waals surface area contributed by atoms with E-state index in [0.29, 0.717) is 15.6 Å². The van der Waals surface area contributed by atoms with E-state index in [2.05, 4.69) is 5.43 Å². The lowest BCUT2D eigenvalue weighted by molar-refractivity contribution is 0.410. The Morgan fingerprint density at radius 1 is 1.39 bits per heavy atom. The van der Waals surface area contributed by atoms with Crippen LogP contribution in [0.15, 0.2) is 30.3 Å². The first-order valence-corrected chi connectivity index (χ1v) is 6.40. The zero-order valence-corrected chi connectivity index (χ0v) is 11.2. The van der Waals surface area contributed by atoms with Gasteiger partial charge in [0.15, 0.2) is 0 Å². The Hall–Kier alpha value is -1.14. The summed E-state index contributed by atoms with van der Waals surface area (Å²) in [7, 11) is 1.49. The van der Waals surface area contributed by atoms with E-state index in [1.54, 1.807) is 18.2 Å². The van der Waals surface area contributed by atoms with Crippen LogP contribution in [0, 0.1) is 5.82 Å². The molecule has 1 unspecified atom stereocenters. The van der Waals surface area contributed by atoms with Gasteiger partial charge in [-0.2, -0.15) is 0 Å². The van der Waals surface area contributed by atoms with Gasteiger partial charge in [-0.25, -0.2) is 9.82 Å². The van der Waals surface area contributed by atoms with Crippen molar-refractivity contribution in [2.45, 2.75) is 6.04 Å². The molecule has 3 N–H and O–H groups in total. The predicted octanol–water partition coefficient (Wildman–Crippen LogP) is 3.10. The highest BCUT2D eigenvalue weighted by Crippen LogP contribution is 2.32. The maximum atomic E-state index is 14.0. The van der Waals surface area contributed by atoms with E-state index in [1.165, 1.54) is 24.5 Å². The highest BCUT2D eigenvalue weighted by atomic mass is 35.5. The average Bonchev–Trinajstić information content (AvgIpc) is 2.78. The topological polar surface area (TPSA) is 47.3 Å². The van der Waals surface area contributed by atoms with Gasteiger partial charge in [-0.05, 0) is 18.2 Å². The molecule has 0 radical (unpaired) electrons. The second kappa shape index (κ2) is 5.67. The summed E-state index contributed by atoms with van der Waals surface area (Å²) in [5.41, 5.74) is 3.05. The first-order valence-electron chi connectivity index (χ1n) is 5.20. The summed E-state index contributed by atoms with van der Waals surface area (Å²) in [5.74, 6) is 5.60. The third kappa shape index (κ3) is 2.64. The van der Waals surface area contributed by atoms with Gasteiger partial charge in [0.25, 0.3) is 0 Å². The molecule has 96 valence electrons. The lowest BCUT2D eigenvalue weighted by Gasteiger charge is -2.16. The Bertz CT molecular complexity index is 547. The molecule has 18 heavy (non-hydrogen) atoms. The van der Waals surface area contributed by atoms with Crippen molar-refractivity contribution in [2.75, 3.05) is 7.11 Å². The minimum Gasteiger partial charge on any atom is -0.497 e. The van der Waals surface area contributed by atoms with Crippen LogP contribution in [0.5, 0.6) is 5.75 Å². The highest BCUT2D eigenvalue weighted by molar-refractivity contribution is 7.16. The van der Waals surface area contributed by atoms with Gasteiger partial charge in [-0.15, -0.1) is 11.3 Å². The maximum absolute atomic E-state index is 14.0. The summed E-state index contributed by atoms with van der Waals surface area (Å²) in [5, 5.41) is 0. The summed E-state index contributed by atoms with van der Waals surface area (Å²) >= 11 is 7.23. The van der Waals surface area contributed by atoms with Crippen LogP contribution in [-0.2, 0) is 0 Å². The number of halogens is 2. The fourth-order valence-electron chi connectivity index (χ4n) is 1.68. The van der Waals surface area contributed by atoms with Gasteiger partial charge in [0.05, 0.1) is 17.5 Å². The molecule has 1 aromatic carbocycles. The Labute approximate surface area is 113 Å². The van der Waals surface area contributed by atoms with Crippen LogP contribution in [0.25, 0.3) is 0 Å². The third-order valence-corrected chi connectivity index (χ3v) is 3.86. The molecule has 0 fully saturated rings. The summed E-state index contributed by atoms with van der Waals surface area (Å²) in [4.78, 5) is 0.853. The molecule has 6 heteroatoms. The lowest BCUT2D eigenvalue weighted by atomic mass is 10.1. The zero-order chi connectivity index (χ0) is 13.1. The lowest BCUT2D eigenvalue weighted by Crippen LogP contribution is -2.28. The SMILES string of the molecule is COc1ccc(C(NN)c2ccc(Cl)s2)c(F)c1. The van der Waals surface area contributed by atoms with Crippen molar-refractivity contribution < 1.29 is 9.13 Å². The summed E-state index contributed by atoms with van der Waals surface area (Å²) in [6.07, 6.45) is 0. The molecular weight excluding hydrogens is 275 g/mol. The normalized spacial score (nSPS) is 12.4. The Morgan fingerprint density at radius 3 is 2.67 bits per heavy atom. The van der Waals surface area contributed by atoms with Gasteiger partial charge in [-0.3, -0.25) is 5.84 Å². The van der Waals surface area contributed by atoms with Crippen molar-refractivity contribution in [3.05, 3.63) is 50.9 Å². The van der Waals surface area contributed by atoms with E-state index < -0.39 is 6.04 Å². The quantitative estimate of drug-likeness (QED) is 0.671. The van der Waals surface area contributed by atoms with E-state index in [0.717, 1.165) is 4.88 Å². The van der Waals surface area contributed by atoms with Crippen molar-refractivity contribution in [3.8, 4) is 5.75 Å². The second-order valence-corrected chi connectivity index (χ2v) is 5.38. The minimum absolute atomic E-state index is 0.373. The number of nitrogens with one attached hydrogen (secondary N) is 1. The van der Waals surface area contributed by atoms with Gasteiger partial charge >= 0.3 is 0 Å². The van der Waals surface area contributed by atoms with E-state index in [1.807, 2.05) is 6.07 Å². The molecule has 3 nitrogen and oxygen atoms in total. The van der Waals surface area contributed by atoms with Crippen molar-refractivity contribution in [2.24, 2.45) is 5.84 Å². The Kier molecular flexibility index (Phi) is 4.19. The van der Waals surface area contributed by atoms with Crippen LogP contribution < -0.4 is 16.0 Å². The number of methoxy groups -OCH3 is 1. The molecule has 2 rings (SSSR count). The van der Waals surface area contributed by atoms with Crippen molar-refractivity contribution in [3.63, 3.8) is 0 Å². The molecule has 0 saturated heterocycles. The standard InChI is InChI=1S/C12H12ClFN2OS/c1-17-7-2-3-8(9(14)6-7)12(16-15)10-4-5-11(13)18-10/h2-6,12,16H,15H2,1H3. The van der Waals surface area contributed by atoms with Gasteiger partial charge in [0.2, 0.25) is 0 Å². The third-order valence-electron chi connectivity index (χ3n) is 2.56. The highest BCUT2D eigenvalue weighted by Gasteiger charge is 2.18. The van der Waals surface area contributed by atoms with Crippen molar-refractivity contribution >= 4 is 22.9 Å². The van der Waals surface area contributed by atoms with Crippen LogP contribution in [0.2, 0.25) is 4.34 Å². The molecule has 1 aromatic heterocycles. The molecule has 0 aliphatic carbocycles. The molecule has 0 aliphatic rings. The number of ether oxygens (including phenoxy) is 1. The number of hydrazine groups is 1. The maximum Gasteiger partial charge on any atom is 0.132 e. The fraction of sp³-hybridized carbons (Fsp3) is 0.167. The molecule has 0 aliphatic heterocycles. The summed E-state index contributed by atoms with van der Waals surface area (Å²) in [6, 6.07) is 7.82. The van der Waals surface area contributed by atoms with E-state index in [4.69, 9.17) is 22.2 Å². The van der Waals surface area contributed by atoms with Crippen LogP contribution in [0.4, 0.5) is 4.39 Å². The molecule has 2 aromatic rings. The molecular formula is C12H12ClFN2OS. The number of nitrogens with two attached hydrogens (primary N) is 1. The van der Waals surface area contributed by atoms with Gasteiger partial charge in [-0.1, -0.05) is 17.7 Å². The number of thiophene rings is 1. The first-order chi connectivity index (χ1) is 8.65. The molecule has 0 spiro atoms. The molecule has 0 amide bonds. The van der Waals surface area contributed by atoms with E-state index in [-0.39, 0.29) is 5.82 Å². The monoisotopic (exact) mass is 286 g/mol. The largest absolute Gasteiger partial charge is 0.497 e. The number of benzene rings is 1. The Morgan fingerprint density at radius 2 is 2.17 bits per heavy atom. The van der Waals surface area contributed by atoms with Crippen LogP contribution in [0.3, 0.4) is 0 Å². The van der Waals surface area contributed by atoms with E-state index in [9.17, 15) is 4.39 Å². The number of rotatable bonds is 4. The molecule has 1 heterocycles. The summed E-state index contributed by atoms with van der Waals surface area (Å²) < 4.78 is 19.6. The molecule has 0 saturated carbocycles. The van der Waals surface area contributed by atoms with Crippen LogP contribution in [0.1, 0.15) is 16.5 Å². The minimum atomic E-state index is -0.423. The molecule has 1 atom stereocenters. The molecule has 0 bridgehead atoms. The average molecular weight is 287 g/mol. The first kappa shape index (κ1) is 13.3. The zero-order valence-electron chi connectivity index (χ0n) is 9.61. The van der Waals surface area contributed by atoms with Crippen molar-refractivity contribution in [1.29, 1.82) is 0 Å². The second-order valence-electron chi connectivity index (χ2n) is 3.63. The summed E-state index contributed by atoms with van der Waals surface area (Å²) in [6.45, 7) is 0. The smallest absolute Gasteiger partial charge is 0.132 e. The van der Waals surface area contributed by atoms with Gasteiger partial charge < -0.3 is 4.74 Å². The predicted molar refractivity (Wildman–Crippen MR) is 71.4 cm³/mol. The van der Waals surface area contributed by atoms with E-state index >= 15 is 0 Å². The Balaban J connectivity index is 2.39. The van der Waals surface area contributed by atoms with Crippen molar-refractivity contribution in [1.82, 2.24) is 5.43 Å². The number of hydrogen-bond donors (Lipinski definition) is 2. The van der Waals surface area contributed by atoms with Crippen LogP contribution >= 0.6 is 22.9 Å². The van der Waals surface area contributed by atoms with Crippen LogP contribution in [-0.4, -0.2) is 7.11 Å². The number of hydrogen-bond acceptors (Lipinski definition) is 4. The fourth-order valence-corrected chi connectivity index (χ4v) is 2.82.